The van der Waals surface area contributed by atoms with Crippen LogP contribution in [-0.2, 0) is 13.1 Å². The van der Waals surface area contributed by atoms with Gasteiger partial charge in [-0.25, -0.2) is 14.3 Å². The molecule has 1 aromatic carbocycles. The lowest BCUT2D eigenvalue weighted by Crippen LogP contribution is -2.35. The van der Waals surface area contributed by atoms with Crippen molar-refractivity contribution in [3.8, 4) is 5.75 Å². The van der Waals surface area contributed by atoms with Gasteiger partial charge in [-0.2, -0.15) is 9.67 Å². The van der Waals surface area contributed by atoms with Gasteiger partial charge in [0.15, 0.2) is 5.82 Å². The molecule has 7 nitrogen and oxygen atoms in total. The van der Waals surface area contributed by atoms with Gasteiger partial charge in [0, 0.05) is 18.3 Å². The number of hydrogen-bond acceptors (Lipinski definition) is 4. The molecule has 2 aliphatic rings. The van der Waals surface area contributed by atoms with E-state index in [1.165, 1.54) is 28.5 Å². The molecule has 0 N–H and O–H groups in total. The number of carbonyl (C=O) groups excluding carboxylic acids is 1. The summed E-state index contributed by atoms with van der Waals surface area (Å²) in [5, 5.41) is 4.43. The summed E-state index contributed by atoms with van der Waals surface area (Å²) in [5.41, 5.74) is 0.379. The van der Waals surface area contributed by atoms with Crippen molar-refractivity contribution in [2.75, 3.05) is 12.0 Å². The Labute approximate surface area is 145 Å². The average Bonchev–Trinajstić information content (AvgIpc) is 3.13. The summed E-state index contributed by atoms with van der Waals surface area (Å²) in [6.07, 6.45) is 5.99. The fourth-order valence-corrected chi connectivity index (χ4v) is 3.79. The van der Waals surface area contributed by atoms with Crippen LogP contribution in [0.5, 0.6) is 5.75 Å². The summed E-state index contributed by atoms with van der Waals surface area (Å²) in [6, 6.07) is 6.91. The maximum atomic E-state index is 12.7. The Morgan fingerprint density at radius 2 is 2.00 bits per heavy atom. The molecule has 1 aliphatic heterocycles. The van der Waals surface area contributed by atoms with Crippen LogP contribution < -0.4 is 15.3 Å². The summed E-state index contributed by atoms with van der Waals surface area (Å²) >= 11 is 0. The van der Waals surface area contributed by atoms with Crippen molar-refractivity contribution < 1.29 is 9.53 Å². The smallest absolute Gasteiger partial charge is 0.354 e. The van der Waals surface area contributed by atoms with Crippen molar-refractivity contribution in [3.63, 3.8) is 0 Å². The highest BCUT2D eigenvalue weighted by molar-refractivity contribution is 5.96. The lowest BCUT2D eigenvalue weighted by atomic mass is 9.89. The van der Waals surface area contributed by atoms with Crippen molar-refractivity contribution >= 4 is 11.7 Å². The van der Waals surface area contributed by atoms with Crippen LogP contribution in [0, 0.1) is 5.92 Å². The zero-order valence-electron chi connectivity index (χ0n) is 14.4. The predicted molar refractivity (Wildman–Crippen MR) is 93.0 cm³/mol. The lowest BCUT2D eigenvalue weighted by molar-refractivity contribution is 0.249. The van der Waals surface area contributed by atoms with Crippen LogP contribution in [0.25, 0.3) is 0 Å². The highest BCUT2D eigenvalue weighted by Crippen LogP contribution is 2.27. The summed E-state index contributed by atoms with van der Waals surface area (Å²) in [6.45, 7) is 0.921. The molecule has 1 aliphatic carbocycles. The van der Waals surface area contributed by atoms with Crippen molar-refractivity contribution in [3.05, 3.63) is 40.6 Å². The Balaban J connectivity index is 1.57. The monoisotopic (exact) mass is 342 g/mol. The van der Waals surface area contributed by atoms with Crippen LogP contribution in [0.2, 0.25) is 0 Å². The van der Waals surface area contributed by atoms with Gasteiger partial charge in [-0.3, -0.25) is 4.90 Å². The molecule has 1 aromatic heterocycles. The van der Waals surface area contributed by atoms with Crippen LogP contribution in [0.1, 0.15) is 37.9 Å². The first-order valence-corrected chi connectivity index (χ1v) is 8.82. The molecule has 0 saturated heterocycles. The standard InChI is InChI=1S/C18H22N4O3/c1-25-15-9-5-8-14(10-15)20-12-16-19-21(18(24)22(16)17(20)23)11-13-6-3-2-4-7-13/h5,8-10,13H,2-4,6-7,11-12H2,1H3. The van der Waals surface area contributed by atoms with Crippen molar-refractivity contribution in [1.29, 1.82) is 0 Å². The van der Waals surface area contributed by atoms with Gasteiger partial charge in [-0.1, -0.05) is 25.3 Å². The Bertz CT molecular complexity index is 848. The third-order valence-electron chi connectivity index (χ3n) is 5.15. The second-order valence-electron chi connectivity index (χ2n) is 6.79. The lowest BCUT2D eigenvalue weighted by Gasteiger charge is -2.21. The highest BCUT2D eigenvalue weighted by Gasteiger charge is 2.34. The van der Waals surface area contributed by atoms with Gasteiger partial charge in [0.25, 0.3) is 0 Å². The highest BCUT2D eigenvalue weighted by atomic mass is 16.5. The van der Waals surface area contributed by atoms with Gasteiger partial charge >= 0.3 is 11.7 Å². The topological polar surface area (TPSA) is 69.4 Å². The molecule has 132 valence electrons. The number of aromatic nitrogens is 3. The third kappa shape index (κ3) is 2.83. The first-order valence-electron chi connectivity index (χ1n) is 8.82. The van der Waals surface area contributed by atoms with Crippen molar-refractivity contribution in [2.24, 2.45) is 5.92 Å². The number of methoxy groups -OCH3 is 1. The number of ether oxygens (including phenoxy) is 1. The first-order chi connectivity index (χ1) is 12.2. The van der Waals surface area contributed by atoms with Crippen LogP contribution in [0.4, 0.5) is 10.5 Å². The predicted octanol–water partition coefficient (Wildman–Crippen LogP) is 2.62. The summed E-state index contributed by atoms with van der Waals surface area (Å²) in [4.78, 5) is 26.9. The minimum atomic E-state index is -0.344. The molecule has 0 unspecified atom stereocenters. The number of rotatable bonds is 4. The van der Waals surface area contributed by atoms with E-state index in [2.05, 4.69) is 5.10 Å². The number of fused-ring (bicyclic) bond motifs is 1. The van der Waals surface area contributed by atoms with E-state index in [4.69, 9.17) is 4.74 Å². The fraction of sp³-hybridized carbons (Fsp3) is 0.500. The van der Waals surface area contributed by atoms with E-state index >= 15 is 0 Å². The molecule has 1 amide bonds. The number of hydrogen-bond donors (Lipinski definition) is 0. The molecule has 0 radical (unpaired) electrons. The second kappa shape index (κ2) is 6.38. The molecule has 2 heterocycles. The molecule has 4 rings (SSSR count). The fourth-order valence-electron chi connectivity index (χ4n) is 3.79. The van der Waals surface area contributed by atoms with Gasteiger partial charge in [0.05, 0.1) is 13.7 Å². The molecule has 7 heteroatoms. The second-order valence-corrected chi connectivity index (χ2v) is 6.79. The molecule has 25 heavy (non-hydrogen) atoms. The zero-order valence-corrected chi connectivity index (χ0v) is 14.4. The third-order valence-corrected chi connectivity index (χ3v) is 5.15. The van der Waals surface area contributed by atoms with Gasteiger partial charge in [0.1, 0.15) is 5.75 Å². The molecular weight excluding hydrogens is 320 g/mol. The van der Waals surface area contributed by atoms with E-state index in [1.54, 1.807) is 18.1 Å². The van der Waals surface area contributed by atoms with Gasteiger partial charge < -0.3 is 4.74 Å². The minimum absolute atomic E-state index is 0.304. The maximum absolute atomic E-state index is 12.7. The zero-order chi connectivity index (χ0) is 17.4. The van der Waals surface area contributed by atoms with E-state index in [1.807, 2.05) is 18.2 Å². The number of nitrogens with zero attached hydrogens (tertiary/aromatic N) is 4. The van der Waals surface area contributed by atoms with Crippen molar-refractivity contribution in [1.82, 2.24) is 14.3 Å². The van der Waals surface area contributed by atoms with Crippen LogP contribution >= 0.6 is 0 Å². The summed E-state index contributed by atoms with van der Waals surface area (Å²) in [7, 11) is 1.58. The van der Waals surface area contributed by atoms with Gasteiger partial charge in [0.2, 0.25) is 0 Å². The summed E-state index contributed by atoms with van der Waals surface area (Å²) in [5.74, 6) is 1.67. The van der Waals surface area contributed by atoms with E-state index in [-0.39, 0.29) is 11.7 Å². The Morgan fingerprint density at radius 3 is 2.72 bits per heavy atom. The quantitative estimate of drug-likeness (QED) is 0.856. The minimum Gasteiger partial charge on any atom is -0.497 e. The van der Waals surface area contributed by atoms with Crippen molar-refractivity contribution in [2.45, 2.75) is 45.2 Å². The molecule has 2 aromatic rings. The largest absolute Gasteiger partial charge is 0.497 e. The van der Waals surface area contributed by atoms with E-state index in [9.17, 15) is 9.59 Å². The molecule has 1 fully saturated rings. The maximum Gasteiger partial charge on any atom is 0.354 e. The van der Waals surface area contributed by atoms with Crippen LogP contribution in [0.3, 0.4) is 0 Å². The van der Waals surface area contributed by atoms with Crippen LogP contribution in [0.15, 0.2) is 29.1 Å². The molecule has 0 bridgehead atoms. The van der Waals surface area contributed by atoms with E-state index < -0.39 is 0 Å². The van der Waals surface area contributed by atoms with E-state index in [0.29, 0.717) is 36.3 Å². The number of anilines is 1. The normalized spacial score (nSPS) is 17.8. The van der Waals surface area contributed by atoms with E-state index in [0.717, 1.165) is 12.8 Å². The number of benzene rings is 1. The Kier molecular flexibility index (Phi) is 4.07. The number of amides is 1. The Morgan fingerprint density at radius 1 is 1.20 bits per heavy atom. The molecular formula is C18H22N4O3. The summed E-state index contributed by atoms with van der Waals surface area (Å²) < 4.78 is 7.88. The molecule has 0 atom stereocenters. The molecule has 0 spiro atoms. The average molecular weight is 342 g/mol. The van der Waals surface area contributed by atoms with Gasteiger partial charge in [-0.05, 0) is 30.9 Å². The first kappa shape index (κ1) is 15.9. The van der Waals surface area contributed by atoms with Gasteiger partial charge in [-0.15, -0.1) is 0 Å². The Hall–Kier alpha value is -2.57. The van der Waals surface area contributed by atoms with Crippen LogP contribution in [-0.4, -0.2) is 27.5 Å². The molecule has 1 saturated carbocycles. The SMILES string of the molecule is COc1cccc(N2Cc3nn(CC4CCCCC4)c(=O)n3C2=O)c1. The number of carbonyl (C=O) groups is 1.